The molecule has 0 radical (unpaired) electrons. The van der Waals surface area contributed by atoms with Crippen LogP contribution in [-0.4, -0.2) is 38.6 Å². The number of anilines is 2. The maximum Gasteiger partial charge on any atom is 0.422 e. The van der Waals surface area contributed by atoms with Crippen molar-refractivity contribution in [3.8, 4) is 17.1 Å². The van der Waals surface area contributed by atoms with E-state index in [1.54, 1.807) is 6.92 Å². The van der Waals surface area contributed by atoms with Crippen LogP contribution in [0, 0.1) is 12.7 Å². The number of carbonyl (C=O) groups excluding carboxylic acids is 1. The number of hydrogen-bond donors (Lipinski definition) is 3. The van der Waals surface area contributed by atoms with Gasteiger partial charge in [0.25, 0.3) is 11.8 Å². The summed E-state index contributed by atoms with van der Waals surface area (Å²) in [6.45, 7) is 0.00777. The molecule has 2 aromatic heterocycles. The molecule has 0 fully saturated rings. The number of carbonyl (C=O) groups is 1. The molecule has 0 saturated carbocycles. The second kappa shape index (κ2) is 8.15. The number of nitrogens with one attached hydrogen (secondary N) is 1. The van der Waals surface area contributed by atoms with Crippen LogP contribution < -0.4 is 21.5 Å². The summed E-state index contributed by atoms with van der Waals surface area (Å²) in [4.78, 5) is 28.7. The third kappa shape index (κ3) is 4.61. The third-order valence-corrected chi connectivity index (χ3v) is 4.92. The number of aryl methyl sites for hydroxylation is 1. The van der Waals surface area contributed by atoms with Crippen LogP contribution in [0.5, 0.6) is 5.88 Å². The van der Waals surface area contributed by atoms with Crippen molar-refractivity contribution < 1.29 is 27.1 Å². The van der Waals surface area contributed by atoms with E-state index in [2.05, 4.69) is 30.0 Å². The zero-order valence-corrected chi connectivity index (χ0v) is 17.1. The smallest absolute Gasteiger partial charge is 0.422 e. The van der Waals surface area contributed by atoms with Crippen molar-refractivity contribution >= 4 is 17.7 Å². The van der Waals surface area contributed by atoms with Gasteiger partial charge in [0.15, 0.2) is 12.4 Å². The van der Waals surface area contributed by atoms with Crippen LogP contribution in [0.15, 0.2) is 24.4 Å². The quantitative estimate of drug-likeness (QED) is 0.501. The molecule has 4 rings (SSSR count). The number of aromatic nitrogens is 4. The highest BCUT2D eigenvalue weighted by Crippen LogP contribution is 2.34. The summed E-state index contributed by atoms with van der Waals surface area (Å²) in [6.07, 6.45) is -3.22. The molecule has 3 aromatic rings. The number of hydrogen-bond acceptors (Lipinski definition) is 8. The van der Waals surface area contributed by atoms with E-state index < -0.39 is 36.4 Å². The van der Waals surface area contributed by atoms with Gasteiger partial charge in [-0.3, -0.25) is 4.79 Å². The lowest BCUT2D eigenvalue weighted by Gasteiger charge is -2.27. The molecule has 1 aromatic carbocycles. The molecule has 13 heteroatoms. The van der Waals surface area contributed by atoms with Gasteiger partial charge in [0, 0.05) is 12.0 Å². The van der Waals surface area contributed by atoms with Gasteiger partial charge in [0.05, 0.1) is 34.9 Å². The molecule has 33 heavy (non-hydrogen) atoms. The van der Waals surface area contributed by atoms with E-state index in [4.69, 9.17) is 11.5 Å². The SMILES string of the molecule is Cc1nc(N)nc2c1C(=O)NC(c1ccc(F)cc1-c1cnc(N)c(OCC(F)(F)F)n1)C2. The lowest BCUT2D eigenvalue weighted by molar-refractivity contribution is -0.154. The van der Waals surface area contributed by atoms with Crippen molar-refractivity contribution in [2.24, 2.45) is 0 Å². The van der Waals surface area contributed by atoms with E-state index in [1.165, 1.54) is 18.3 Å². The molecular formula is C20H17F4N7O2. The Morgan fingerprint density at radius 2 is 1.97 bits per heavy atom. The van der Waals surface area contributed by atoms with E-state index >= 15 is 0 Å². The molecule has 9 nitrogen and oxygen atoms in total. The fraction of sp³-hybridized carbons (Fsp3) is 0.250. The second-order valence-corrected chi connectivity index (χ2v) is 7.30. The van der Waals surface area contributed by atoms with E-state index in [-0.39, 0.29) is 29.4 Å². The summed E-state index contributed by atoms with van der Waals surface area (Å²) in [5.74, 6) is -1.96. The maximum atomic E-state index is 14.1. The number of nitrogen functional groups attached to an aromatic ring is 2. The van der Waals surface area contributed by atoms with Gasteiger partial charge in [0.2, 0.25) is 5.95 Å². The predicted molar refractivity (Wildman–Crippen MR) is 108 cm³/mol. The molecule has 1 unspecified atom stereocenters. The summed E-state index contributed by atoms with van der Waals surface area (Å²) < 4.78 is 56.4. The van der Waals surface area contributed by atoms with Gasteiger partial charge in [-0.05, 0) is 24.6 Å². The number of benzene rings is 1. The Kier molecular flexibility index (Phi) is 5.47. The molecule has 0 aliphatic carbocycles. The molecular weight excluding hydrogens is 446 g/mol. The summed E-state index contributed by atoms with van der Waals surface area (Å²) in [5, 5.41) is 2.81. The van der Waals surface area contributed by atoms with Crippen molar-refractivity contribution in [1.29, 1.82) is 0 Å². The van der Waals surface area contributed by atoms with Crippen molar-refractivity contribution in [2.75, 3.05) is 18.1 Å². The van der Waals surface area contributed by atoms with Crippen molar-refractivity contribution in [3.05, 3.63) is 52.7 Å². The van der Waals surface area contributed by atoms with Gasteiger partial charge in [-0.1, -0.05) is 6.07 Å². The Labute approximate surface area is 184 Å². The minimum Gasteiger partial charge on any atom is -0.465 e. The summed E-state index contributed by atoms with van der Waals surface area (Å²) in [5.41, 5.74) is 13.1. The second-order valence-electron chi connectivity index (χ2n) is 7.30. The van der Waals surface area contributed by atoms with Crippen molar-refractivity contribution in [2.45, 2.75) is 25.6 Å². The molecule has 1 amide bonds. The topological polar surface area (TPSA) is 142 Å². The van der Waals surface area contributed by atoms with Gasteiger partial charge in [-0.2, -0.15) is 13.2 Å². The highest BCUT2D eigenvalue weighted by Gasteiger charge is 2.32. The fourth-order valence-corrected chi connectivity index (χ4v) is 3.58. The predicted octanol–water partition coefficient (Wildman–Crippen LogP) is 2.51. The lowest BCUT2D eigenvalue weighted by atomic mass is 9.90. The van der Waals surface area contributed by atoms with Gasteiger partial charge in [-0.15, -0.1) is 0 Å². The minimum absolute atomic E-state index is 0.00861. The number of alkyl halides is 3. The van der Waals surface area contributed by atoms with E-state index in [0.717, 1.165) is 6.07 Å². The Morgan fingerprint density at radius 1 is 1.21 bits per heavy atom. The van der Waals surface area contributed by atoms with Crippen LogP contribution >= 0.6 is 0 Å². The average Bonchev–Trinajstić information content (AvgIpc) is 2.71. The number of halogens is 4. The molecule has 172 valence electrons. The average molecular weight is 463 g/mol. The van der Waals surface area contributed by atoms with E-state index in [0.29, 0.717) is 22.5 Å². The number of fused-ring (bicyclic) bond motifs is 1. The van der Waals surface area contributed by atoms with Crippen LogP contribution in [0.25, 0.3) is 11.3 Å². The first-order valence-electron chi connectivity index (χ1n) is 9.57. The minimum atomic E-state index is -4.62. The highest BCUT2D eigenvalue weighted by atomic mass is 19.4. The van der Waals surface area contributed by atoms with Crippen molar-refractivity contribution in [3.63, 3.8) is 0 Å². The molecule has 0 bridgehead atoms. The molecule has 1 atom stereocenters. The van der Waals surface area contributed by atoms with E-state index in [9.17, 15) is 22.4 Å². The largest absolute Gasteiger partial charge is 0.465 e. The first-order valence-corrected chi connectivity index (χ1v) is 9.57. The Hall–Kier alpha value is -4.03. The summed E-state index contributed by atoms with van der Waals surface area (Å²) >= 11 is 0. The standard InChI is InChI=1S/C20H17F4N7O2/c1-8-15-13(31-19(26)28-8)5-12(29-17(15)32)10-3-2-9(21)4-11(10)14-6-27-16(25)18(30-14)33-7-20(22,23)24/h2-4,6,12H,5,7H2,1H3,(H2,25,27)(H,29,32)(H2,26,28,31). The normalized spacial score (nSPS) is 15.7. The Balaban J connectivity index is 1.75. The summed E-state index contributed by atoms with van der Waals surface area (Å²) in [6, 6.07) is 3.09. The van der Waals surface area contributed by atoms with Crippen LogP contribution in [-0.2, 0) is 6.42 Å². The monoisotopic (exact) mass is 463 g/mol. The number of nitrogens with two attached hydrogens (primary N) is 2. The molecule has 1 aliphatic heterocycles. The Bertz CT molecular complexity index is 1250. The zero-order valence-electron chi connectivity index (χ0n) is 17.1. The molecule has 3 heterocycles. The number of rotatable bonds is 4. The number of nitrogens with zero attached hydrogens (tertiary/aromatic N) is 4. The lowest BCUT2D eigenvalue weighted by Crippen LogP contribution is -2.37. The third-order valence-electron chi connectivity index (χ3n) is 4.92. The fourth-order valence-electron chi connectivity index (χ4n) is 3.58. The Morgan fingerprint density at radius 3 is 2.70 bits per heavy atom. The van der Waals surface area contributed by atoms with Crippen molar-refractivity contribution in [1.82, 2.24) is 25.3 Å². The maximum absolute atomic E-state index is 14.1. The van der Waals surface area contributed by atoms with Gasteiger partial charge < -0.3 is 21.5 Å². The molecule has 1 aliphatic rings. The van der Waals surface area contributed by atoms with Crippen LogP contribution in [0.2, 0.25) is 0 Å². The first-order chi connectivity index (χ1) is 15.5. The molecule has 5 N–H and O–H groups in total. The molecule has 0 saturated heterocycles. The first kappa shape index (κ1) is 22.2. The number of amides is 1. The van der Waals surface area contributed by atoms with Gasteiger partial charge in [-0.25, -0.2) is 24.3 Å². The van der Waals surface area contributed by atoms with E-state index in [1.807, 2.05) is 0 Å². The zero-order chi connectivity index (χ0) is 23.9. The summed E-state index contributed by atoms with van der Waals surface area (Å²) in [7, 11) is 0. The van der Waals surface area contributed by atoms with Crippen LogP contribution in [0.3, 0.4) is 0 Å². The number of ether oxygens (including phenoxy) is 1. The molecule has 0 spiro atoms. The van der Waals surface area contributed by atoms with Crippen LogP contribution in [0.1, 0.15) is 33.4 Å². The highest BCUT2D eigenvalue weighted by molar-refractivity contribution is 5.98. The van der Waals surface area contributed by atoms with Gasteiger partial charge >= 0.3 is 6.18 Å². The van der Waals surface area contributed by atoms with Crippen LogP contribution in [0.4, 0.5) is 29.3 Å². The van der Waals surface area contributed by atoms with Gasteiger partial charge in [0.1, 0.15) is 5.82 Å².